The number of nitrogens with zero attached hydrogens (tertiary/aromatic N) is 4. The molecule has 124 valence electrons. The number of aromatic nitrogens is 3. The molecule has 3 rings (SSSR count). The molecule has 2 aromatic heterocycles. The molecule has 0 aliphatic carbocycles. The third kappa shape index (κ3) is 3.51. The fourth-order valence-corrected chi connectivity index (χ4v) is 3.02. The van der Waals surface area contributed by atoms with Crippen LogP contribution in [0.3, 0.4) is 0 Å². The molecule has 0 bridgehead atoms. The van der Waals surface area contributed by atoms with Crippen molar-refractivity contribution in [3.05, 3.63) is 35.2 Å². The lowest BCUT2D eigenvalue weighted by atomic mass is 10.2. The van der Waals surface area contributed by atoms with Gasteiger partial charge in [-0.25, -0.2) is 0 Å². The highest BCUT2D eigenvalue weighted by Crippen LogP contribution is 2.33. The quantitative estimate of drug-likeness (QED) is 0.835. The van der Waals surface area contributed by atoms with Crippen molar-refractivity contribution in [1.29, 1.82) is 0 Å². The third-order valence-electron chi connectivity index (χ3n) is 4.11. The van der Waals surface area contributed by atoms with Gasteiger partial charge in [-0.2, -0.15) is 4.98 Å². The molecule has 0 saturated carbocycles. The second-order valence-corrected chi connectivity index (χ2v) is 5.86. The maximum absolute atomic E-state index is 5.53. The van der Waals surface area contributed by atoms with Gasteiger partial charge in [0.25, 0.3) is 0 Å². The van der Waals surface area contributed by atoms with Gasteiger partial charge in [0, 0.05) is 38.0 Å². The maximum Gasteiger partial charge on any atom is 0.244 e. The molecular formula is C16H22N4O3. The molecule has 7 nitrogen and oxygen atoms in total. The number of rotatable bonds is 5. The fraction of sp³-hybridized carbons (Fsp3) is 0.562. The van der Waals surface area contributed by atoms with Gasteiger partial charge in [-0.3, -0.25) is 9.88 Å². The van der Waals surface area contributed by atoms with Gasteiger partial charge in [0.2, 0.25) is 5.89 Å². The van der Waals surface area contributed by atoms with Crippen LogP contribution in [0.1, 0.15) is 35.6 Å². The lowest BCUT2D eigenvalue weighted by Crippen LogP contribution is -2.25. The van der Waals surface area contributed by atoms with Crippen LogP contribution in [0, 0.1) is 13.8 Å². The van der Waals surface area contributed by atoms with Crippen molar-refractivity contribution in [2.75, 3.05) is 20.8 Å². The van der Waals surface area contributed by atoms with E-state index in [9.17, 15) is 0 Å². The van der Waals surface area contributed by atoms with Crippen LogP contribution in [0.5, 0.6) is 5.75 Å². The van der Waals surface area contributed by atoms with E-state index in [1.807, 2.05) is 26.0 Å². The predicted octanol–water partition coefficient (Wildman–Crippen LogP) is 2.05. The summed E-state index contributed by atoms with van der Waals surface area (Å²) in [5, 5.41) is 3.91. The first-order valence-electron chi connectivity index (χ1n) is 7.67. The minimum absolute atomic E-state index is 0.0504. The Morgan fingerprint density at radius 1 is 1.26 bits per heavy atom. The number of likely N-dealkylation sites (tertiary alicyclic amines) is 1. The van der Waals surface area contributed by atoms with Crippen molar-refractivity contribution >= 4 is 0 Å². The molecule has 0 unspecified atom stereocenters. The van der Waals surface area contributed by atoms with Crippen molar-refractivity contribution in [3.8, 4) is 5.75 Å². The van der Waals surface area contributed by atoms with Crippen LogP contribution < -0.4 is 4.74 Å². The van der Waals surface area contributed by atoms with E-state index >= 15 is 0 Å². The average molecular weight is 318 g/mol. The molecule has 7 heteroatoms. The minimum atomic E-state index is 0.0504. The van der Waals surface area contributed by atoms with E-state index in [0.29, 0.717) is 18.3 Å². The highest BCUT2D eigenvalue weighted by atomic mass is 16.5. The summed E-state index contributed by atoms with van der Waals surface area (Å²) in [6, 6.07) is 3.93. The van der Waals surface area contributed by atoms with Gasteiger partial charge in [-0.1, -0.05) is 5.16 Å². The number of hydrogen-bond donors (Lipinski definition) is 0. The molecule has 1 aliphatic rings. The molecule has 23 heavy (non-hydrogen) atoms. The van der Waals surface area contributed by atoms with Gasteiger partial charge < -0.3 is 14.0 Å². The summed E-state index contributed by atoms with van der Waals surface area (Å²) in [7, 11) is 3.40. The number of aryl methyl sites for hydroxylation is 2. The zero-order chi connectivity index (χ0) is 16.4. The summed E-state index contributed by atoms with van der Waals surface area (Å²) in [5.74, 6) is 2.11. The Balaban J connectivity index is 1.82. The molecule has 0 N–H and O–H groups in total. The topological polar surface area (TPSA) is 73.5 Å². The summed E-state index contributed by atoms with van der Waals surface area (Å²) in [6.07, 6.45) is 0.986. The molecule has 1 saturated heterocycles. The fourth-order valence-electron chi connectivity index (χ4n) is 3.02. The number of pyridine rings is 1. The SMILES string of the molecule is COc1cc(C)nc(CN2C[C@H](OC)C[C@@H]2c2nc(C)no2)c1. The Bertz CT molecular complexity index is 673. The Labute approximate surface area is 135 Å². The molecular weight excluding hydrogens is 296 g/mol. The Hall–Kier alpha value is -1.99. The molecule has 0 aromatic carbocycles. The summed E-state index contributed by atoms with van der Waals surface area (Å²) in [5.41, 5.74) is 1.90. The number of hydrogen-bond acceptors (Lipinski definition) is 7. The zero-order valence-corrected chi connectivity index (χ0v) is 13.9. The van der Waals surface area contributed by atoms with Gasteiger partial charge in [0.05, 0.1) is 24.9 Å². The van der Waals surface area contributed by atoms with Gasteiger partial charge in [0.15, 0.2) is 5.82 Å². The van der Waals surface area contributed by atoms with E-state index in [1.54, 1.807) is 14.2 Å². The normalized spacial score (nSPS) is 21.7. The van der Waals surface area contributed by atoms with Crippen molar-refractivity contribution in [2.45, 2.75) is 39.0 Å². The monoisotopic (exact) mass is 318 g/mol. The molecule has 1 aliphatic heterocycles. The van der Waals surface area contributed by atoms with Crippen molar-refractivity contribution in [1.82, 2.24) is 20.0 Å². The molecule has 0 spiro atoms. The Kier molecular flexibility index (Phi) is 4.58. The summed E-state index contributed by atoms with van der Waals surface area (Å²) in [6.45, 7) is 5.28. The molecule has 3 heterocycles. The Morgan fingerprint density at radius 2 is 2.09 bits per heavy atom. The predicted molar refractivity (Wildman–Crippen MR) is 83.1 cm³/mol. The van der Waals surface area contributed by atoms with Crippen molar-refractivity contribution in [3.63, 3.8) is 0 Å². The van der Waals surface area contributed by atoms with Crippen LogP contribution in [-0.4, -0.2) is 46.9 Å². The standard InChI is InChI=1S/C16H22N4O3/c1-10-5-13(21-3)6-12(17-10)8-20-9-14(22-4)7-15(20)16-18-11(2)19-23-16/h5-6,14-15H,7-9H2,1-4H3/t14-,15-/m1/s1. The van der Waals surface area contributed by atoms with E-state index in [0.717, 1.165) is 30.1 Å². The van der Waals surface area contributed by atoms with E-state index in [2.05, 4.69) is 20.0 Å². The van der Waals surface area contributed by atoms with E-state index in [4.69, 9.17) is 14.0 Å². The van der Waals surface area contributed by atoms with Crippen LogP contribution >= 0.6 is 0 Å². The van der Waals surface area contributed by atoms with Crippen LogP contribution in [0.15, 0.2) is 16.7 Å². The van der Waals surface area contributed by atoms with E-state index < -0.39 is 0 Å². The largest absolute Gasteiger partial charge is 0.497 e. The van der Waals surface area contributed by atoms with Gasteiger partial charge >= 0.3 is 0 Å². The molecule has 0 amide bonds. The third-order valence-corrected chi connectivity index (χ3v) is 4.11. The first-order valence-corrected chi connectivity index (χ1v) is 7.67. The van der Waals surface area contributed by atoms with Crippen LogP contribution in [0.2, 0.25) is 0 Å². The number of ether oxygens (including phenoxy) is 2. The lowest BCUT2D eigenvalue weighted by Gasteiger charge is -2.21. The first-order chi connectivity index (χ1) is 11.1. The molecule has 2 aromatic rings. The first kappa shape index (κ1) is 15.9. The van der Waals surface area contributed by atoms with E-state index in [-0.39, 0.29) is 12.1 Å². The second kappa shape index (κ2) is 6.64. The molecule has 1 fully saturated rings. The summed E-state index contributed by atoms with van der Waals surface area (Å²) >= 11 is 0. The smallest absolute Gasteiger partial charge is 0.244 e. The minimum Gasteiger partial charge on any atom is -0.497 e. The Morgan fingerprint density at radius 3 is 2.74 bits per heavy atom. The van der Waals surface area contributed by atoms with Gasteiger partial charge in [-0.05, 0) is 20.3 Å². The summed E-state index contributed by atoms with van der Waals surface area (Å²) in [4.78, 5) is 11.3. The van der Waals surface area contributed by atoms with Crippen LogP contribution in [0.4, 0.5) is 0 Å². The van der Waals surface area contributed by atoms with Crippen LogP contribution in [-0.2, 0) is 11.3 Å². The zero-order valence-electron chi connectivity index (χ0n) is 13.9. The second-order valence-electron chi connectivity index (χ2n) is 5.86. The highest BCUT2D eigenvalue weighted by molar-refractivity contribution is 5.26. The van der Waals surface area contributed by atoms with Crippen molar-refractivity contribution in [2.24, 2.45) is 0 Å². The maximum atomic E-state index is 5.53. The van der Waals surface area contributed by atoms with E-state index in [1.165, 1.54) is 0 Å². The van der Waals surface area contributed by atoms with Crippen LogP contribution in [0.25, 0.3) is 0 Å². The van der Waals surface area contributed by atoms with Gasteiger partial charge in [-0.15, -0.1) is 0 Å². The van der Waals surface area contributed by atoms with Crippen molar-refractivity contribution < 1.29 is 14.0 Å². The average Bonchev–Trinajstić information content (AvgIpc) is 3.12. The molecule has 2 atom stereocenters. The number of methoxy groups -OCH3 is 2. The van der Waals surface area contributed by atoms with Gasteiger partial charge in [0.1, 0.15) is 5.75 Å². The lowest BCUT2D eigenvalue weighted by molar-refractivity contribution is 0.107. The molecule has 0 radical (unpaired) electrons. The summed E-state index contributed by atoms with van der Waals surface area (Å²) < 4.78 is 16.2. The highest BCUT2D eigenvalue weighted by Gasteiger charge is 2.36.